The molecule has 1 saturated heterocycles. The minimum absolute atomic E-state index is 0.0246. The number of likely N-dealkylation sites (tertiary alicyclic amines) is 1. The number of benzene rings is 1. The summed E-state index contributed by atoms with van der Waals surface area (Å²) in [7, 11) is 0. The number of halogens is 2. The molecule has 0 amide bonds. The molecule has 0 bridgehead atoms. The van der Waals surface area contributed by atoms with Crippen LogP contribution in [0, 0.1) is 0 Å². The van der Waals surface area contributed by atoms with Crippen molar-refractivity contribution in [2.24, 2.45) is 0 Å². The zero-order chi connectivity index (χ0) is 13.3. The van der Waals surface area contributed by atoms with Crippen molar-refractivity contribution in [2.75, 3.05) is 19.7 Å². The van der Waals surface area contributed by atoms with Crippen LogP contribution in [0.5, 0.6) is 5.75 Å². The number of piperidine rings is 1. The maximum Gasteiger partial charge on any atom is 0.260 e. The maximum atomic E-state index is 13.4. The number of hydrogen-bond donors (Lipinski definition) is 0. The molecule has 2 aliphatic heterocycles. The minimum atomic E-state index is -2.52. The summed E-state index contributed by atoms with van der Waals surface area (Å²) in [5.74, 6) is -1.59. The van der Waals surface area contributed by atoms with Crippen LogP contribution in [0.4, 0.5) is 8.78 Å². The van der Waals surface area contributed by atoms with E-state index in [1.54, 1.807) is 0 Å². The SMILES string of the molecule is FC1(F)CCCN(Cc2ccc3c(c2)OCCC3)C1. The van der Waals surface area contributed by atoms with Gasteiger partial charge in [-0.15, -0.1) is 0 Å². The molecule has 0 radical (unpaired) electrons. The van der Waals surface area contributed by atoms with E-state index in [-0.39, 0.29) is 13.0 Å². The van der Waals surface area contributed by atoms with Crippen LogP contribution in [-0.4, -0.2) is 30.5 Å². The summed E-state index contributed by atoms with van der Waals surface area (Å²) in [5.41, 5.74) is 2.30. The van der Waals surface area contributed by atoms with Crippen molar-refractivity contribution < 1.29 is 13.5 Å². The summed E-state index contributed by atoms with van der Waals surface area (Å²) in [5, 5.41) is 0. The third kappa shape index (κ3) is 3.06. The average Bonchev–Trinajstić information content (AvgIpc) is 2.37. The Hall–Kier alpha value is -1.16. The predicted octanol–water partition coefficient (Wildman–Crippen LogP) is 3.24. The number of aryl methyl sites for hydroxylation is 1. The number of rotatable bonds is 2. The molecule has 1 aromatic rings. The number of fused-ring (bicyclic) bond motifs is 1. The number of alkyl halides is 2. The monoisotopic (exact) mass is 267 g/mol. The third-order valence-electron chi connectivity index (χ3n) is 3.86. The van der Waals surface area contributed by atoms with E-state index in [9.17, 15) is 8.78 Å². The van der Waals surface area contributed by atoms with Crippen molar-refractivity contribution in [3.63, 3.8) is 0 Å². The van der Waals surface area contributed by atoms with Crippen LogP contribution in [0.25, 0.3) is 0 Å². The van der Waals surface area contributed by atoms with Crippen molar-refractivity contribution in [1.82, 2.24) is 4.90 Å². The van der Waals surface area contributed by atoms with E-state index >= 15 is 0 Å². The van der Waals surface area contributed by atoms with E-state index in [2.05, 4.69) is 6.07 Å². The van der Waals surface area contributed by atoms with Crippen molar-refractivity contribution in [3.05, 3.63) is 29.3 Å². The second-order valence-corrected chi connectivity index (χ2v) is 5.56. The highest BCUT2D eigenvalue weighted by molar-refractivity contribution is 5.38. The number of ether oxygens (including phenoxy) is 1. The van der Waals surface area contributed by atoms with Crippen LogP contribution >= 0.6 is 0 Å². The molecule has 0 saturated carbocycles. The molecule has 2 aliphatic rings. The number of hydrogen-bond acceptors (Lipinski definition) is 2. The molecule has 19 heavy (non-hydrogen) atoms. The van der Waals surface area contributed by atoms with E-state index in [1.807, 2.05) is 17.0 Å². The third-order valence-corrected chi connectivity index (χ3v) is 3.86. The van der Waals surface area contributed by atoms with Crippen LogP contribution in [0.3, 0.4) is 0 Å². The Kier molecular flexibility index (Phi) is 3.44. The van der Waals surface area contributed by atoms with Gasteiger partial charge in [-0.25, -0.2) is 8.78 Å². The molecule has 0 N–H and O–H groups in total. The van der Waals surface area contributed by atoms with Crippen LogP contribution in [0.15, 0.2) is 18.2 Å². The molecule has 2 nitrogen and oxygen atoms in total. The van der Waals surface area contributed by atoms with Gasteiger partial charge >= 0.3 is 0 Å². The average molecular weight is 267 g/mol. The normalized spacial score (nSPS) is 22.6. The van der Waals surface area contributed by atoms with E-state index in [0.717, 1.165) is 37.3 Å². The standard InChI is InChI=1S/C15H19F2NO/c16-15(17)6-2-7-18(11-15)10-12-4-5-13-3-1-8-19-14(13)9-12/h4-5,9H,1-3,6-8,10-11H2. The van der Waals surface area contributed by atoms with Crippen LogP contribution in [0.1, 0.15) is 30.4 Å². The molecule has 0 unspecified atom stereocenters. The van der Waals surface area contributed by atoms with Crippen molar-refractivity contribution >= 4 is 0 Å². The Morgan fingerprint density at radius 1 is 1.26 bits per heavy atom. The first kappa shape index (κ1) is 12.9. The molecule has 0 atom stereocenters. The zero-order valence-electron chi connectivity index (χ0n) is 11.0. The molecule has 1 aromatic carbocycles. The smallest absolute Gasteiger partial charge is 0.260 e. The molecule has 4 heteroatoms. The first-order valence-corrected chi connectivity index (χ1v) is 6.97. The lowest BCUT2D eigenvalue weighted by Crippen LogP contribution is -2.42. The Bertz CT molecular complexity index is 461. The van der Waals surface area contributed by atoms with E-state index in [0.29, 0.717) is 13.0 Å². The predicted molar refractivity (Wildman–Crippen MR) is 69.7 cm³/mol. The highest BCUT2D eigenvalue weighted by Crippen LogP contribution is 2.29. The molecule has 0 aliphatic carbocycles. The van der Waals surface area contributed by atoms with Gasteiger partial charge in [-0.3, -0.25) is 4.90 Å². The van der Waals surface area contributed by atoms with Gasteiger partial charge in [0, 0.05) is 13.0 Å². The summed E-state index contributed by atoms with van der Waals surface area (Å²) in [6.45, 7) is 1.99. The summed E-state index contributed by atoms with van der Waals surface area (Å²) < 4.78 is 32.4. The Balaban J connectivity index is 1.69. The lowest BCUT2D eigenvalue weighted by molar-refractivity contribution is -0.0661. The number of nitrogens with zero attached hydrogens (tertiary/aromatic N) is 1. The Morgan fingerprint density at radius 2 is 2.16 bits per heavy atom. The summed E-state index contributed by atoms with van der Waals surface area (Å²) in [6.07, 6.45) is 2.72. The lowest BCUT2D eigenvalue weighted by atomic mass is 10.0. The molecule has 3 rings (SSSR count). The van der Waals surface area contributed by atoms with E-state index in [4.69, 9.17) is 4.74 Å². The quantitative estimate of drug-likeness (QED) is 0.815. The van der Waals surface area contributed by atoms with Gasteiger partial charge in [0.05, 0.1) is 13.2 Å². The molecule has 1 fully saturated rings. The van der Waals surface area contributed by atoms with Gasteiger partial charge in [0.15, 0.2) is 0 Å². The largest absolute Gasteiger partial charge is 0.493 e. The van der Waals surface area contributed by atoms with Crippen LogP contribution in [-0.2, 0) is 13.0 Å². The van der Waals surface area contributed by atoms with E-state index in [1.165, 1.54) is 5.56 Å². The molecular formula is C15H19F2NO. The van der Waals surface area contributed by atoms with Crippen molar-refractivity contribution in [3.8, 4) is 5.75 Å². The molecule has 2 heterocycles. The van der Waals surface area contributed by atoms with Gasteiger partial charge in [-0.1, -0.05) is 12.1 Å². The first-order chi connectivity index (χ1) is 9.12. The van der Waals surface area contributed by atoms with E-state index < -0.39 is 5.92 Å². The van der Waals surface area contributed by atoms with Gasteiger partial charge in [0.1, 0.15) is 5.75 Å². The second kappa shape index (κ2) is 5.08. The lowest BCUT2D eigenvalue weighted by Gasteiger charge is -2.32. The topological polar surface area (TPSA) is 12.5 Å². The fourth-order valence-electron chi connectivity index (χ4n) is 2.92. The van der Waals surface area contributed by atoms with Gasteiger partial charge in [-0.05, 0) is 43.0 Å². The van der Waals surface area contributed by atoms with Gasteiger partial charge in [0.25, 0.3) is 5.92 Å². The Morgan fingerprint density at radius 3 is 3.00 bits per heavy atom. The molecular weight excluding hydrogens is 248 g/mol. The Labute approximate surface area is 112 Å². The summed E-state index contributed by atoms with van der Waals surface area (Å²) in [4.78, 5) is 1.84. The zero-order valence-corrected chi connectivity index (χ0v) is 11.0. The second-order valence-electron chi connectivity index (χ2n) is 5.56. The fourth-order valence-corrected chi connectivity index (χ4v) is 2.92. The molecule has 104 valence electrons. The summed E-state index contributed by atoms with van der Waals surface area (Å²) in [6, 6.07) is 6.13. The van der Waals surface area contributed by atoms with Crippen LogP contribution < -0.4 is 4.74 Å². The molecule has 0 aromatic heterocycles. The van der Waals surface area contributed by atoms with Crippen molar-refractivity contribution in [2.45, 2.75) is 38.2 Å². The first-order valence-electron chi connectivity index (χ1n) is 6.97. The van der Waals surface area contributed by atoms with Crippen molar-refractivity contribution in [1.29, 1.82) is 0 Å². The van der Waals surface area contributed by atoms with Gasteiger partial charge < -0.3 is 4.74 Å². The van der Waals surface area contributed by atoms with Gasteiger partial charge in [0.2, 0.25) is 0 Å². The van der Waals surface area contributed by atoms with Gasteiger partial charge in [-0.2, -0.15) is 0 Å². The fraction of sp³-hybridized carbons (Fsp3) is 0.600. The molecule has 0 spiro atoms. The highest BCUT2D eigenvalue weighted by atomic mass is 19.3. The minimum Gasteiger partial charge on any atom is -0.493 e. The highest BCUT2D eigenvalue weighted by Gasteiger charge is 2.34. The maximum absolute atomic E-state index is 13.4. The summed E-state index contributed by atoms with van der Waals surface area (Å²) >= 11 is 0. The van der Waals surface area contributed by atoms with Crippen LogP contribution in [0.2, 0.25) is 0 Å².